The first kappa shape index (κ1) is 18.0. The number of nitro groups is 1. The normalized spacial score (nSPS) is 11.1. The predicted octanol–water partition coefficient (Wildman–Crippen LogP) is 4.58. The van der Waals surface area contributed by atoms with Crippen LogP contribution in [0.15, 0.2) is 84.0 Å². The zero-order valence-corrected chi connectivity index (χ0v) is 14.5. The number of benzene rings is 3. The second-order valence-corrected chi connectivity index (χ2v) is 5.77. The van der Waals surface area contributed by atoms with Gasteiger partial charge < -0.3 is 4.84 Å². The number of nitrogens with zero attached hydrogens (tertiary/aromatic N) is 2. The molecule has 0 bridgehead atoms. The van der Waals surface area contributed by atoms with Crippen LogP contribution in [0, 0.1) is 10.1 Å². The molecule has 27 heavy (non-hydrogen) atoms. The summed E-state index contributed by atoms with van der Waals surface area (Å²) < 4.78 is 0. The first-order valence-corrected chi connectivity index (χ1v) is 8.21. The lowest BCUT2D eigenvalue weighted by Crippen LogP contribution is -2.06. The molecule has 0 heterocycles. The Balaban J connectivity index is 1.92. The molecule has 0 aliphatic carbocycles. The van der Waals surface area contributed by atoms with Gasteiger partial charge in [-0.15, -0.1) is 0 Å². The van der Waals surface area contributed by atoms with Crippen molar-refractivity contribution in [3.8, 4) is 11.1 Å². The van der Waals surface area contributed by atoms with E-state index < -0.39 is 10.9 Å². The topological polar surface area (TPSA) is 81.8 Å². The largest absolute Gasteiger partial charge is 0.332 e. The maximum absolute atomic E-state index is 11.1. The second-order valence-electron chi connectivity index (χ2n) is 5.77. The van der Waals surface area contributed by atoms with Crippen molar-refractivity contribution in [1.82, 2.24) is 0 Å². The number of carbonyl (C=O) groups is 1. The third-order valence-corrected chi connectivity index (χ3v) is 3.88. The van der Waals surface area contributed by atoms with Crippen LogP contribution in [0.4, 0.5) is 5.69 Å². The maximum atomic E-state index is 11.1. The van der Waals surface area contributed by atoms with Crippen molar-refractivity contribution in [2.75, 3.05) is 0 Å². The van der Waals surface area contributed by atoms with Crippen molar-refractivity contribution in [3.05, 3.63) is 100 Å². The average Bonchev–Trinajstić information content (AvgIpc) is 2.69. The van der Waals surface area contributed by atoms with Gasteiger partial charge in [-0.1, -0.05) is 59.8 Å². The Kier molecular flexibility index (Phi) is 5.37. The van der Waals surface area contributed by atoms with Gasteiger partial charge in [0.2, 0.25) is 0 Å². The van der Waals surface area contributed by atoms with Crippen molar-refractivity contribution in [2.24, 2.45) is 5.16 Å². The standard InChI is InChI=1S/C21H16N2O4/c1-15(24)27-22-21(18-5-3-2-4-6-18)19-9-7-16(8-10-19)17-11-13-20(14-12-17)23(25)26/h2-14H,1H3/b22-21+. The minimum Gasteiger partial charge on any atom is -0.318 e. The molecule has 0 aromatic heterocycles. The Morgan fingerprint density at radius 1 is 0.852 bits per heavy atom. The van der Waals surface area contributed by atoms with E-state index in [9.17, 15) is 14.9 Å². The number of carbonyl (C=O) groups excluding carboxylic acids is 1. The van der Waals surface area contributed by atoms with Crippen LogP contribution in [0.25, 0.3) is 11.1 Å². The molecule has 3 aromatic rings. The van der Waals surface area contributed by atoms with E-state index in [1.54, 1.807) is 12.1 Å². The molecule has 0 N–H and O–H groups in total. The van der Waals surface area contributed by atoms with Crippen LogP contribution in [0.2, 0.25) is 0 Å². The Morgan fingerprint density at radius 3 is 1.89 bits per heavy atom. The van der Waals surface area contributed by atoms with E-state index in [0.29, 0.717) is 5.71 Å². The summed E-state index contributed by atoms with van der Waals surface area (Å²) in [6.07, 6.45) is 0. The number of rotatable bonds is 5. The summed E-state index contributed by atoms with van der Waals surface area (Å²) in [6.45, 7) is 1.30. The smallest absolute Gasteiger partial charge is 0.318 e. The third-order valence-electron chi connectivity index (χ3n) is 3.88. The number of oxime groups is 1. The summed E-state index contributed by atoms with van der Waals surface area (Å²) in [5, 5.41) is 14.8. The SMILES string of the molecule is CC(=O)O/N=C(\c1ccccc1)c1ccc(-c2ccc([N+](=O)[O-])cc2)cc1. The Hall–Kier alpha value is -3.80. The summed E-state index contributed by atoms with van der Waals surface area (Å²) in [6, 6.07) is 23.3. The molecule has 0 spiro atoms. The van der Waals surface area contributed by atoms with Crippen LogP contribution < -0.4 is 0 Å². The lowest BCUT2D eigenvalue weighted by atomic mass is 9.99. The monoisotopic (exact) mass is 360 g/mol. The molecule has 6 heteroatoms. The predicted molar refractivity (Wildman–Crippen MR) is 102 cm³/mol. The van der Waals surface area contributed by atoms with Gasteiger partial charge >= 0.3 is 5.97 Å². The first-order chi connectivity index (χ1) is 13.0. The quantitative estimate of drug-likeness (QED) is 0.289. The molecule has 0 unspecified atom stereocenters. The van der Waals surface area contributed by atoms with Crippen molar-refractivity contribution in [1.29, 1.82) is 0 Å². The number of hydrogen-bond acceptors (Lipinski definition) is 5. The first-order valence-electron chi connectivity index (χ1n) is 8.21. The summed E-state index contributed by atoms with van der Waals surface area (Å²) >= 11 is 0. The molecule has 3 rings (SSSR count). The highest BCUT2D eigenvalue weighted by molar-refractivity contribution is 6.12. The van der Waals surface area contributed by atoms with E-state index in [-0.39, 0.29) is 5.69 Å². The van der Waals surface area contributed by atoms with Crippen molar-refractivity contribution >= 4 is 17.4 Å². The molecule has 3 aromatic carbocycles. The zero-order chi connectivity index (χ0) is 19.2. The molecule has 6 nitrogen and oxygen atoms in total. The highest BCUT2D eigenvalue weighted by Crippen LogP contribution is 2.23. The van der Waals surface area contributed by atoms with Gasteiger partial charge in [0.05, 0.1) is 4.92 Å². The minimum atomic E-state index is -0.495. The van der Waals surface area contributed by atoms with Crippen LogP contribution in [0.3, 0.4) is 0 Å². The van der Waals surface area contributed by atoms with E-state index in [1.807, 2.05) is 54.6 Å². The van der Waals surface area contributed by atoms with Gasteiger partial charge in [0.1, 0.15) is 5.71 Å². The molecule has 0 amide bonds. The molecule has 0 aliphatic heterocycles. The molecule has 134 valence electrons. The summed E-state index contributed by atoms with van der Waals surface area (Å²) in [5.74, 6) is -0.495. The lowest BCUT2D eigenvalue weighted by molar-refractivity contribution is -0.384. The van der Waals surface area contributed by atoms with Gasteiger partial charge in [-0.2, -0.15) is 0 Å². The van der Waals surface area contributed by atoms with E-state index >= 15 is 0 Å². The molecular formula is C21H16N2O4. The molecule has 0 radical (unpaired) electrons. The van der Waals surface area contributed by atoms with Gasteiger partial charge in [0.25, 0.3) is 5.69 Å². The Morgan fingerprint density at radius 2 is 1.37 bits per heavy atom. The lowest BCUT2D eigenvalue weighted by Gasteiger charge is -2.08. The van der Waals surface area contributed by atoms with Crippen LogP contribution in [0.1, 0.15) is 18.1 Å². The fourth-order valence-electron chi connectivity index (χ4n) is 2.57. The van der Waals surface area contributed by atoms with Crippen LogP contribution in [-0.4, -0.2) is 16.6 Å². The van der Waals surface area contributed by atoms with E-state index in [4.69, 9.17) is 4.84 Å². The third kappa shape index (κ3) is 4.43. The molecule has 0 fully saturated rings. The summed E-state index contributed by atoms with van der Waals surface area (Å²) in [7, 11) is 0. The number of hydrogen-bond donors (Lipinski definition) is 0. The highest BCUT2D eigenvalue weighted by Gasteiger charge is 2.10. The molecule has 0 atom stereocenters. The van der Waals surface area contributed by atoms with Crippen molar-refractivity contribution in [3.63, 3.8) is 0 Å². The fourth-order valence-corrected chi connectivity index (χ4v) is 2.57. The van der Waals surface area contributed by atoms with Gasteiger partial charge in [0.15, 0.2) is 0 Å². The van der Waals surface area contributed by atoms with Crippen LogP contribution in [-0.2, 0) is 9.63 Å². The average molecular weight is 360 g/mol. The highest BCUT2D eigenvalue weighted by atomic mass is 16.7. The number of non-ortho nitro benzene ring substituents is 1. The van der Waals surface area contributed by atoms with Crippen LogP contribution in [0.5, 0.6) is 0 Å². The molecule has 0 saturated heterocycles. The zero-order valence-electron chi connectivity index (χ0n) is 14.5. The van der Waals surface area contributed by atoms with Crippen molar-refractivity contribution < 1.29 is 14.6 Å². The van der Waals surface area contributed by atoms with Crippen LogP contribution >= 0.6 is 0 Å². The molecule has 0 aliphatic rings. The van der Waals surface area contributed by atoms with E-state index in [2.05, 4.69) is 5.16 Å². The fraction of sp³-hybridized carbons (Fsp3) is 0.0476. The van der Waals surface area contributed by atoms with Gasteiger partial charge in [-0.05, 0) is 23.3 Å². The summed E-state index contributed by atoms with van der Waals surface area (Å²) in [5.41, 5.74) is 3.98. The number of nitro benzene ring substituents is 1. The van der Waals surface area contributed by atoms with Gasteiger partial charge in [-0.25, -0.2) is 4.79 Å². The van der Waals surface area contributed by atoms with E-state index in [0.717, 1.165) is 22.3 Å². The van der Waals surface area contributed by atoms with Gasteiger partial charge in [0, 0.05) is 30.2 Å². The van der Waals surface area contributed by atoms with Crippen molar-refractivity contribution in [2.45, 2.75) is 6.92 Å². The Labute approximate surface area is 155 Å². The second kappa shape index (κ2) is 8.05. The minimum absolute atomic E-state index is 0.0512. The van der Waals surface area contributed by atoms with Gasteiger partial charge in [-0.3, -0.25) is 10.1 Å². The molecule has 0 saturated carbocycles. The maximum Gasteiger partial charge on any atom is 0.332 e. The molecular weight excluding hydrogens is 344 g/mol. The van der Waals surface area contributed by atoms with E-state index in [1.165, 1.54) is 19.1 Å². The summed E-state index contributed by atoms with van der Waals surface area (Å²) in [4.78, 5) is 26.3. The Bertz CT molecular complexity index is 979.